The van der Waals surface area contributed by atoms with Crippen LogP contribution in [0.3, 0.4) is 0 Å². The summed E-state index contributed by atoms with van der Waals surface area (Å²) in [5.74, 6) is -0.707. The molecular weight excluding hydrogens is 175 g/mol. The van der Waals surface area contributed by atoms with Gasteiger partial charge in [-0.2, -0.15) is 4.89 Å². The van der Waals surface area contributed by atoms with Gasteiger partial charge in [0.05, 0.1) is 0 Å². The maximum atomic E-state index is 10.8. The van der Waals surface area contributed by atoms with E-state index in [1.54, 1.807) is 24.3 Å². The van der Waals surface area contributed by atoms with Gasteiger partial charge in [0.15, 0.2) is 0 Å². The van der Waals surface area contributed by atoms with Crippen molar-refractivity contribution in [3.05, 3.63) is 35.9 Å². The summed E-state index contributed by atoms with van der Waals surface area (Å²) in [7, 11) is -0.895. The number of hydrogen-bond donors (Lipinski definition) is 1. The molecule has 0 bridgehead atoms. The van der Waals surface area contributed by atoms with Crippen LogP contribution < -0.4 is 0 Å². The first-order valence-electron chi connectivity index (χ1n) is 3.48. The highest BCUT2D eigenvalue weighted by molar-refractivity contribution is 7.38. The minimum atomic E-state index is -2.31. The van der Waals surface area contributed by atoms with Crippen LogP contribution in [0.1, 0.15) is 11.4 Å². The van der Waals surface area contributed by atoms with Crippen molar-refractivity contribution in [3.8, 4) is 0 Å². The molecule has 0 aliphatic heterocycles. The van der Waals surface area contributed by atoms with E-state index in [4.69, 9.17) is 9.63 Å². The summed E-state index contributed by atoms with van der Waals surface area (Å²) in [6.07, 6.45) is 0. The van der Waals surface area contributed by atoms with E-state index in [-0.39, 0.29) is 0 Å². The van der Waals surface area contributed by atoms with Crippen LogP contribution in [0.4, 0.5) is 0 Å². The summed E-state index contributed by atoms with van der Waals surface area (Å²) in [5, 5.41) is 0. The van der Waals surface area contributed by atoms with E-state index in [1.807, 2.05) is 6.07 Å². The lowest BCUT2D eigenvalue weighted by Gasteiger charge is -2.01. The molecule has 0 aliphatic rings. The molecule has 64 valence electrons. The Hall–Kier alpha value is -0.760. The van der Waals surface area contributed by atoms with Crippen molar-refractivity contribution in [1.29, 1.82) is 0 Å². The first kappa shape index (κ1) is 9.33. The quantitative estimate of drug-likeness (QED) is 0.733. The minimum absolute atomic E-state index is 0.707. The largest absolute Gasteiger partial charge is 0.543 e. The van der Waals surface area contributed by atoms with Crippen molar-refractivity contribution >= 4 is 8.03 Å². The summed E-state index contributed by atoms with van der Waals surface area (Å²) < 4.78 is 15.6. The van der Waals surface area contributed by atoms with Gasteiger partial charge in [-0.3, -0.25) is 0 Å². The second-order valence-electron chi connectivity index (χ2n) is 2.30. The standard InChI is InChI=1S/C8H9O3P/c1-11-8(12(9)10)7-5-3-2-4-6-7/h2-6,8H,1H3/p+1. The third-order valence-electron chi connectivity index (χ3n) is 1.51. The molecular formula is C8H10O3P+. The summed E-state index contributed by atoms with van der Waals surface area (Å²) in [4.78, 5) is 8.85. The summed E-state index contributed by atoms with van der Waals surface area (Å²) >= 11 is 0. The fourth-order valence-corrected chi connectivity index (χ4v) is 1.58. The lowest BCUT2D eigenvalue weighted by Crippen LogP contribution is -1.95. The number of methoxy groups -OCH3 is 1. The van der Waals surface area contributed by atoms with Crippen LogP contribution >= 0.6 is 8.03 Å². The second-order valence-corrected chi connectivity index (χ2v) is 3.38. The SMILES string of the molecule is COC(c1ccccc1)[P+](=O)O. The summed E-state index contributed by atoms with van der Waals surface area (Å²) in [5.41, 5.74) is 0.726. The normalized spacial score (nSPS) is 14.0. The zero-order valence-electron chi connectivity index (χ0n) is 6.68. The smallest absolute Gasteiger partial charge is 0.332 e. The topological polar surface area (TPSA) is 46.5 Å². The fourth-order valence-electron chi connectivity index (χ4n) is 0.971. The van der Waals surface area contributed by atoms with Crippen LogP contribution in [0.5, 0.6) is 0 Å². The van der Waals surface area contributed by atoms with Gasteiger partial charge < -0.3 is 4.74 Å². The van der Waals surface area contributed by atoms with Gasteiger partial charge in [-0.05, 0) is 4.57 Å². The minimum Gasteiger partial charge on any atom is -0.332 e. The van der Waals surface area contributed by atoms with E-state index >= 15 is 0 Å². The van der Waals surface area contributed by atoms with E-state index < -0.39 is 13.9 Å². The monoisotopic (exact) mass is 185 g/mol. The highest BCUT2D eigenvalue weighted by Gasteiger charge is 2.30. The van der Waals surface area contributed by atoms with Gasteiger partial charge in [-0.1, -0.05) is 30.3 Å². The van der Waals surface area contributed by atoms with Crippen molar-refractivity contribution in [1.82, 2.24) is 0 Å². The molecule has 2 unspecified atom stereocenters. The molecule has 0 radical (unpaired) electrons. The molecule has 0 saturated carbocycles. The molecule has 2 atom stereocenters. The van der Waals surface area contributed by atoms with Gasteiger partial charge >= 0.3 is 13.9 Å². The molecule has 0 aromatic heterocycles. The summed E-state index contributed by atoms with van der Waals surface area (Å²) in [6.45, 7) is 0. The Balaban J connectivity index is 2.88. The molecule has 1 N–H and O–H groups in total. The average molecular weight is 185 g/mol. The first-order valence-corrected chi connectivity index (χ1v) is 4.77. The Morgan fingerprint density at radius 1 is 1.42 bits per heavy atom. The molecule has 12 heavy (non-hydrogen) atoms. The van der Waals surface area contributed by atoms with Crippen molar-refractivity contribution < 1.29 is 14.2 Å². The van der Waals surface area contributed by atoms with Gasteiger partial charge in [0.25, 0.3) is 0 Å². The predicted octanol–water partition coefficient (Wildman–Crippen LogP) is 2.07. The molecule has 0 fully saturated rings. The lowest BCUT2D eigenvalue weighted by molar-refractivity contribution is 0.159. The second kappa shape index (κ2) is 4.31. The third kappa shape index (κ3) is 2.11. The number of ether oxygens (including phenoxy) is 1. The Morgan fingerprint density at radius 2 is 2.00 bits per heavy atom. The van der Waals surface area contributed by atoms with Crippen molar-refractivity contribution in [2.45, 2.75) is 5.85 Å². The Morgan fingerprint density at radius 3 is 2.42 bits per heavy atom. The van der Waals surface area contributed by atoms with Gasteiger partial charge in [-0.15, -0.1) is 0 Å². The highest BCUT2D eigenvalue weighted by atomic mass is 31.1. The molecule has 0 aliphatic carbocycles. The van der Waals surface area contributed by atoms with Crippen LogP contribution in [0.25, 0.3) is 0 Å². The van der Waals surface area contributed by atoms with Crippen LogP contribution in [-0.4, -0.2) is 12.0 Å². The fraction of sp³-hybridized carbons (Fsp3) is 0.250. The van der Waals surface area contributed by atoms with Crippen LogP contribution in [0.2, 0.25) is 0 Å². The van der Waals surface area contributed by atoms with Gasteiger partial charge in [0, 0.05) is 12.7 Å². The number of rotatable bonds is 3. The van der Waals surface area contributed by atoms with Crippen molar-refractivity contribution in [3.63, 3.8) is 0 Å². The highest BCUT2D eigenvalue weighted by Crippen LogP contribution is 2.37. The number of benzene rings is 1. The van der Waals surface area contributed by atoms with Gasteiger partial charge in [0.2, 0.25) is 0 Å². The Kier molecular flexibility index (Phi) is 3.35. The molecule has 0 spiro atoms. The van der Waals surface area contributed by atoms with Gasteiger partial charge in [-0.25, -0.2) is 0 Å². The maximum Gasteiger partial charge on any atom is 0.543 e. The Bertz CT molecular complexity index is 260. The van der Waals surface area contributed by atoms with Crippen molar-refractivity contribution in [2.24, 2.45) is 0 Å². The zero-order chi connectivity index (χ0) is 8.97. The van der Waals surface area contributed by atoms with E-state index in [2.05, 4.69) is 0 Å². The molecule has 0 heterocycles. The van der Waals surface area contributed by atoms with Gasteiger partial charge in [0.1, 0.15) is 0 Å². The van der Waals surface area contributed by atoms with Crippen LogP contribution in [0.15, 0.2) is 30.3 Å². The molecule has 0 amide bonds. The maximum absolute atomic E-state index is 10.8. The third-order valence-corrected chi connectivity index (χ3v) is 2.42. The molecule has 1 rings (SSSR count). The van der Waals surface area contributed by atoms with Crippen LogP contribution in [-0.2, 0) is 9.30 Å². The average Bonchev–Trinajstić information content (AvgIpc) is 2.07. The molecule has 3 nitrogen and oxygen atoms in total. The molecule has 1 aromatic carbocycles. The molecule has 0 saturated heterocycles. The predicted molar refractivity (Wildman–Crippen MR) is 46.0 cm³/mol. The van der Waals surface area contributed by atoms with E-state index in [0.29, 0.717) is 0 Å². The zero-order valence-corrected chi connectivity index (χ0v) is 7.57. The number of hydrogen-bond acceptors (Lipinski definition) is 2. The molecule has 1 aromatic rings. The Labute approximate surface area is 71.9 Å². The van der Waals surface area contributed by atoms with Crippen LogP contribution in [0, 0.1) is 0 Å². The van der Waals surface area contributed by atoms with Crippen molar-refractivity contribution in [2.75, 3.05) is 7.11 Å². The van der Waals surface area contributed by atoms with E-state index in [9.17, 15) is 4.57 Å². The lowest BCUT2D eigenvalue weighted by atomic mass is 10.2. The molecule has 4 heteroatoms. The summed E-state index contributed by atoms with van der Waals surface area (Å²) in [6, 6.07) is 8.98. The first-order chi connectivity index (χ1) is 5.75. The van der Waals surface area contributed by atoms with E-state index in [0.717, 1.165) is 5.56 Å². The van der Waals surface area contributed by atoms with E-state index in [1.165, 1.54) is 7.11 Å².